The molecule has 1 aliphatic heterocycles. The lowest BCUT2D eigenvalue weighted by atomic mass is 10.1. The highest BCUT2D eigenvalue weighted by molar-refractivity contribution is 5.88. The van der Waals surface area contributed by atoms with Crippen molar-refractivity contribution in [2.24, 2.45) is 0 Å². The van der Waals surface area contributed by atoms with Crippen molar-refractivity contribution < 1.29 is 9.59 Å². The molecule has 0 aliphatic carbocycles. The Morgan fingerprint density at radius 1 is 1.23 bits per heavy atom. The number of aryl methyl sites for hydroxylation is 1. The van der Waals surface area contributed by atoms with Gasteiger partial charge in [0.05, 0.1) is 0 Å². The van der Waals surface area contributed by atoms with Gasteiger partial charge in [0.2, 0.25) is 11.8 Å². The van der Waals surface area contributed by atoms with Gasteiger partial charge in [0.25, 0.3) is 0 Å². The summed E-state index contributed by atoms with van der Waals surface area (Å²) in [7, 11) is 3.58. The number of rotatable bonds is 5. The van der Waals surface area contributed by atoms with Crippen LogP contribution in [0.4, 0.5) is 0 Å². The van der Waals surface area contributed by atoms with Gasteiger partial charge in [-0.1, -0.05) is 30.3 Å². The maximum atomic E-state index is 12.8. The van der Waals surface area contributed by atoms with Gasteiger partial charge < -0.3 is 19.7 Å². The molecule has 138 valence electrons. The minimum Gasteiger partial charge on any atom is -0.357 e. The standard InChI is InChI=1S/C19H25N5O2/c1-20-19(26)16-14-22(2)12-13-24(16)17(25)8-10-23-11-9-21-18(23)15-6-4-3-5-7-15/h3-7,9,11,16H,8,10,12-14H2,1-2H3,(H,20,26). The number of carbonyl (C=O) groups excluding carboxylic acids is 2. The van der Waals surface area contributed by atoms with Gasteiger partial charge in [-0.2, -0.15) is 0 Å². The Labute approximate surface area is 153 Å². The van der Waals surface area contributed by atoms with Crippen LogP contribution in [-0.4, -0.2) is 70.9 Å². The molecule has 1 aromatic carbocycles. The Hall–Kier alpha value is -2.67. The maximum Gasteiger partial charge on any atom is 0.243 e. The van der Waals surface area contributed by atoms with Gasteiger partial charge >= 0.3 is 0 Å². The highest BCUT2D eigenvalue weighted by Gasteiger charge is 2.33. The summed E-state index contributed by atoms with van der Waals surface area (Å²) in [6.07, 6.45) is 3.97. The Balaban J connectivity index is 1.67. The van der Waals surface area contributed by atoms with Crippen LogP contribution in [0.15, 0.2) is 42.7 Å². The van der Waals surface area contributed by atoms with Crippen molar-refractivity contribution >= 4 is 11.8 Å². The summed E-state index contributed by atoms with van der Waals surface area (Å²) >= 11 is 0. The van der Waals surface area contributed by atoms with Crippen molar-refractivity contribution in [2.45, 2.75) is 19.0 Å². The molecule has 0 bridgehead atoms. The summed E-state index contributed by atoms with van der Waals surface area (Å²) in [5.41, 5.74) is 1.02. The van der Waals surface area contributed by atoms with Gasteiger partial charge in [-0.3, -0.25) is 9.59 Å². The zero-order chi connectivity index (χ0) is 18.5. The molecule has 7 heteroatoms. The normalized spacial score (nSPS) is 17.9. The lowest BCUT2D eigenvalue weighted by Gasteiger charge is -2.39. The first-order chi connectivity index (χ1) is 12.6. The van der Waals surface area contributed by atoms with E-state index < -0.39 is 6.04 Å². The molecule has 2 heterocycles. The molecular weight excluding hydrogens is 330 g/mol. The average Bonchev–Trinajstić information content (AvgIpc) is 3.14. The molecule has 1 N–H and O–H groups in total. The molecule has 1 aliphatic rings. The number of nitrogens with zero attached hydrogens (tertiary/aromatic N) is 4. The minimum atomic E-state index is -0.428. The van der Waals surface area contributed by atoms with E-state index in [0.717, 1.165) is 17.9 Å². The number of carbonyl (C=O) groups is 2. The number of piperazine rings is 1. The molecule has 2 aromatic rings. The molecule has 3 rings (SSSR count). The number of likely N-dealkylation sites (N-methyl/N-ethyl adjacent to an activating group) is 2. The molecule has 1 unspecified atom stereocenters. The number of hydrogen-bond donors (Lipinski definition) is 1. The van der Waals surface area contributed by atoms with Crippen LogP contribution < -0.4 is 5.32 Å². The monoisotopic (exact) mass is 355 g/mol. The zero-order valence-corrected chi connectivity index (χ0v) is 15.3. The lowest BCUT2D eigenvalue weighted by molar-refractivity contribution is -0.143. The molecule has 0 spiro atoms. The molecular formula is C19H25N5O2. The van der Waals surface area contributed by atoms with Crippen molar-refractivity contribution in [3.63, 3.8) is 0 Å². The summed E-state index contributed by atoms with van der Waals surface area (Å²) in [6, 6.07) is 9.48. The minimum absolute atomic E-state index is 0.000545. The van der Waals surface area contributed by atoms with Crippen LogP contribution in [0.1, 0.15) is 6.42 Å². The molecule has 1 fully saturated rings. The van der Waals surface area contributed by atoms with Crippen LogP contribution in [0.5, 0.6) is 0 Å². The Morgan fingerprint density at radius 3 is 2.73 bits per heavy atom. The van der Waals surface area contributed by atoms with Crippen LogP contribution in [0.3, 0.4) is 0 Å². The van der Waals surface area contributed by atoms with Gasteiger partial charge in [-0.25, -0.2) is 4.98 Å². The molecule has 1 saturated heterocycles. The van der Waals surface area contributed by atoms with Crippen LogP contribution in [0, 0.1) is 0 Å². The molecule has 2 amide bonds. The highest BCUT2D eigenvalue weighted by atomic mass is 16.2. The van der Waals surface area contributed by atoms with Crippen LogP contribution in [0.2, 0.25) is 0 Å². The third-order valence-corrected chi connectivity index (χ3v) is 4.77. The van der Waals surface area contributed by atoms with Crippen molar-refractivity contribution in [1.29, 1.82) is 0 Å². The van der Waals surface area contributed by atoms with Gasteiger partial charge in [0.15, 0.2) is 0 Å². The fourth-order valence-electron chi connectivity index (χ4n) is 3.31. The van der Waals surface area contributed by atoms with Crippen molar-refractivity contribution in [1.82, 2.24) is 24.7 Å². The molecule has 26 heavy (non-hydrogen) atoms. The second-order valence-corrected chi connectivity index (χ2v) is 6.54. The zero-order valence-electron chi connectivity index (χ0n) is 15.3. The van der Waals surface area contributed by atoms with Gasteiger partial charge in [-0.05, 0) is 7.05 Å². The second kappa shape index (κ2) is 8.14. The SMILES string of the molecule is CNC(=O)C1CN(C)CCN1C(=O)CCn1ccnc1-c1ccccc1. The molecule has 1 aromatic heterocycles. The number of benzene rings is 1. The summed E-state index contributed by atoms with van der Waals surface area (Å²) in [4.78, 5) is 33.1. The van der Waals surface area contributed by atoms with Crippen molar-refractivity contribution in [3.05, 3.63) is 42.7 Å². The fraction of sp³-hybridized carbons (Fsp3) is 0.421. The van der Waals surface area contributed by atoms with Crippen molar-refractivity contribution in [2.75, 3.05) is 33.7 Å². The number of hydrogen-bond acceptors (Lipinski definition) is 4. The van der Waals surface area contributed by atoms with Gasteiger partial charge in [-0.15, -0.1) is 0 Å². The summed E-state index contributed by atoms with van der Waals surface area (Å²) in [5, 5.41) is 2.67. The first-order valence-electron chi connectivity index (χ1n) is 8.86. The maximum absolute atomic E-state index is 12.8. The topological polar surface area (TPSA) is 70.5 Å². The molecule has 7 nitrogen and oxygen atoms in total. The van der Waals surface area contributed by atoms with E-state index in [2.05, 4.69) is 15.2 Å². The number of aromatic nitrogens is 2. The first kappa shape index (κ1) is 18.1. The predicted octanol–water partition coefficient (Wildman–Crippen LogP) is 0.829. The van der Waals surface area contributed by atoms with Gasteiger partial charge in [0.1, 0.15) is 11.9 Å². The molecule has 0 saturated carbocycles. The fourth-order valence-corrected chi connectivity index (χ4v) is 3.31. The quantitative estimate of drug-likeness (QED) is 0.862. The second-order valence-electron chi connectivity index (χ2n) is 6.54. The van der Waals surface area contributed by atoms with E-state index in [4.69, 9.17) is 0 Å². The smallest absolute Gasteiger partial charge is 0.243 e. The number of amides is 2. The van der Waals surface area contributed by atoms with E-state index in [-0.39, 0.29) is 11.8 Å². The average molecular weight is 355 g/mol. The van der Waals surface area contributed by atoms with E-state index in [1.165, 1.54) is 0 Å². The van der Waals surface area contributed by atoms with E-state index >= 15 is 0 Å². The van der Waals surface area contributed by atoms with E-state index in [0.29, 0.717) is 26.1 Å². The first-order valence-corrected chi connectivity index (χ1v) is 8.86. The van der Waals surface area contributed by atoms with E-state index in [1.807, 2.05) is 48.1 Å². The van der Waals surface area contributed by atoms with Crippen LogP contribution in [-0.2, 0) is 16.1 Å². The Bertz CT molecular complexity index is 758. The molecule has 0 radical (unpaired) electrons. The summed E-state index contributed by atoms with van der Waals surface area (Å²) in [5.74, 6) is 0.733. The number of nitrogens with one attached hydrogen (secondary N) is 1. The Morgan fingerprint density at radius 2 is 2.00 bits per heavy atom. The lowest BCUT2D eigenvalue weighted by Crippen LogP contribution is -2.59. The van der Waals surface area contributed by atoms with Crippen LogP contribution in [0.25, 0.3) is 11.4 Å². The Kier molecular flexibility index (Phi) is 5.68. The third-order valence-electron chi connectivity index (χ3n) is 4.77. The third kappa shape index (κ3) is 3.94. The predicted molar refractivity (Wildman–Crippen MR) is 99.3 cm³/mol. The van der Waals surface area contributed by atoms with Crippen molar-refractivity contribution in [3.8, 4) is 11.4 Å². The van der Waals surface area contributed by atoms with E-state index in [9.17, 15) is 9.59 Å². The van der Waals surface area contributed by atoms with E-state index in [1.54, 1.807) is 18.1 Å². The summed E-state index contributed by atoms with van der Waals surface area (Å²) < 4.78 is 1.98. The van der Waals surface area contributed by atoms with Crippen LogP contribution >= 0.6 is 0 Å². The van der Waals surface area contributed by atoms with Gasteiger partial charge in [0, 0.05) is 57.6 Å². The summed E-state index contributed by atoms with van der Waals surface area (Å²) in [6.45, 7) is 2.45. The molecule has 1 atom stereocenters. The largest absolute Gasteiger partial charge is 0.357 e. The number of imidazole rings is 1. The highest BCUT2D eigenvalue weighted by Crippen LogP contribution is 2.18.